The number of carbonyl (C=O) groups is 2. The summed E-state index contributed by atoms with van der Waals surface area (Å²) in [5.41, 5.74) is 10.9. The largest absolute Gasteiger partial charge is 0.398 e. The van der Waals surface area contributed by atoms with Crippen molar-refractivity contribution >= 4 is 23.1 Å². The molecule has 1 heterocycles. The third-order valence-corrected chi connectivity index (χ3v) is 5.18. The maximum atomic E-state index is 13.4. The minimum Gasteiger partial charge on any atom is -0.398 e. The molecule has 0 aromatic heterocycles. The minimum atomic E-state index is -0.275. The van der Waals surface area contributed by atoms with Crippen molar-refractivity contribution in [2.45, 2.75) is 26.8 Å². The zero-order valence-electron chi connectivity index (χ0n) is 15.9. The van der Waals surface area contributed by atoms with Gasteiger partial charge in [0.15, 0.2) is 5.78 Å². The summed E-state index contributed by atoms with van der Waals surface area (Å²) in [6, 6.07) is 14.4. The van der Waals surface area contributed by atoms with E-state index in [1.807, 2.05) is 45.0 Å². The lowest BCUT2D eigenvalue weighted by molar-refractivity contribution is -0.124. The zero-order valence-corrected chi connectivity index (χ0v) is 15.9. The van der Waals surface area contributed by atoms with Crippen LogP contribution in [-0.4, -0.2) is 22.6 Å². The molecule has 0 atom stereocenters. The Bertz CT molecular complexity index is 1150. The summed E-state index contributed by atoms with van der Waals surface area (Å²) in [5, 5.41) is 9.21. The molecule has 1 aliphatic carbocycles. The quantitative estimate of drug-likeness (QED) is 0.879. The minimum absolute atomic E-state index is 0.146. The van der Waals surface area contributed by atoms with E-state index in [1.54, 1.807) is 23.1 Å². The summed E-state index contributed by atoms with van der Waals surface area (Å²) in [5.74, 6) is -0.537. The maximum absolute atomic E-state index is 13.4. The number of nitrogens with two attached hydrogens (primary N) is 1. The Morgan fingerprint density at radius 3 is 2.29 bits per heavy atom. The van der Waals surface area contributed by atoms with Gasteiger partial charge in [-0.2, -0.15) is 5.26 Å². The third kappa shape index (κ3) is 2.39. The van der Waals surface area contributed by atoms with Crippen molar-refractivity contribution in [2.24, 2.45) is 5.73 Å². The third-order valence-electron chi connectivity index (χ3n) is 5.18. The molecule has 138 valence electrons. The number of fused-ring (bicyclic) bond motifs is 2. The predicted molar refractivity (Wildman–Crippen MR) is 107 cm³/mol. The molecule has 2 N–H and O–H groups in total. The lowest BCUT2D eigenvalue weighted by Gasteiger charge is -2.24. The highest BCUT2D eigenvalue weighted by molar-refractivity contribution is 6.32. The Morgan fingerprint density at radius 2 is 1.68 bits per heavy atom. The molecule has 28 heavy (non-hydrogen) atoms. The number of Topliss-reactive ketones (excluding diaryl/α,β-unsaturated/α-hetero) is 1. The summed E-state index contributed by atoms with van der Waals surface area (Å²) in [6.45, 7) is 5.80. The first-order chi connectivity index (χ1) is 13.3. The molecule has 0 saturated heterocycles. The van der Waals surface area contributed by atoms with E-state index in [2.05, 4.69) is 6.07 Å². The monoisotopic (exact) mass is 369 g/mol. The Labute approximate surface area is 163 Å². The highest BCUT2D eigenvalue weighted by Crippen LogP contribution is 2.44. The summed E-state index contributed by atoms with van der Waals surface area (Å²) >= 11 is 0. The second-order valence-corrected chi connectivity index (χ2v) is 7.35. The Hall–Kier alpha value is -3.65. The van der Waals surface area contributed by atoms with Gasteiger partial charge in [0.05, 0.1) is 34.2 Å². The summed E-state index contributed by atoms with van der Waals surface area (Å²) in [6.07, 6.45) is 0. The average Bonchev–Trinajstić information content (AvgIpc) is 3.00. The average molecular weight is 369 g/mol. The smallest absolute Gasteiger partial charge is 0.261 e. The van der Waals surface area contributed by atoms with E-state index >= 15 is 0 Å². The number of ketones is 1. The standard InChI is InChI=1S/C23H19N3O2/c1-12(2)26-21(15-7-4-13(3)5-8-15)19-18(23(26)28)20(25)16-9-6-14(11-24)10-17(16)22(19)27/h4-10,12H,25H2,1-3H3. The van der Waals surface area contributed by atoms with E-state index in [0.29, 0.717) is 28.0 Å². The molecular formula is C23H19N3O2. The van der Waals surface area contributed by atoms with Crippen LogP contribution in [0.2, 0.25) is 0 Å². The van der Waals surface area contributed by atoms with E-state index in [-0.39, 0.29) is 29.0 Å². The predicted octanol–water partition coefficient (Wildman–Crippen LogP) is 3.39. The number of nitrogens with zero attached hydrogens (tertiary/aromatic N) is 2. The van der Waals surface area contributed by atoms with Crippen LogP contribution in [0.3, 0.4) is 0 Å². The molecule has 1 aliphatic heterocycles. The number of hydrogen-bond donors (Lipinski definition) is 1. The first-order valence-electron chi connectivity index (χ1n) is 9.09. The van der Waals surface area contributed by atoms with Gasteiger partial charge in [-0.15, -0.1) is 0 Å². The fourth-order valence-corrected chi connectivity index (χ4v) is 3.83. The molecule has 2 aliphatic rings. The van der Waals surface area contributed by atoms with E-state index < -0.39 is 0 Å². The van der Waals surface area contributed by atoms with Gasteiger partial charge in [0.2, 0.25) is 0 Å². The van der Waals surface area contributed by atoms with Crippen LogP contribution in [0.25, 0.3) is 11.4 Å². The van der Waals surface area contributed by atoms with E-state index in [4.69, 9.17) is 5.73 Å². The Balaban J connectivity index is 2.07. The molecule has 0 bridgehead atoms. The molecule has 5 heteroatoms. The molecule has 0 radical (unpaired) electrons. The number of rotatable bonds is 2. The van der Waals surface area contributed by atoms with Crippen LogP contribution in [0.15, 0.2) is 53.6 Å². The molecular weight excluding hydrogens is 350 g/mol. The van der Waals surface area contributed by atoms with Gasteiger partial charge in [-0.1, -0.05) is 35.9 Å². The van der Waals surface area contributed by atoms with Gasteiger partial charge in [-0.05, 0) is 38.5 Å². The fourth-order valence-electron chi connectivity index (χ4n) is 3.83. The second-order valence-electron chi connectivity index (χ2n) is 7.35. The van der Waals surface area contributed by atoms with E-state index in [9.17, 15) is 14.9 Å². The number of hydrogen-bond acceptors (Lipinski definition) is 4. The molecule has 0 unspecified atom stereocenters. The van der Waals surface area contributed by atoms with Crippen LogP contribution in [0, 0.1) is 18.3 Å². The Morgan fingerprint density at radius 1 is 1.00 bits per heavy atom. The summed E-state index contributed by atoms with van der Waals surface area (Å²) in [7, 11) is 0. The molecule has 2 aromatic rings. The molecule has 5 nitrogen and oxygen atoms in total. The van der Waals surface area contributed by atoms with Crippen molar-refractivity contribution in [3.8, 4) is 6.07 Å². The van der Waals surface area contributed by atoms with Crippen molar-refractivity contribution < 1.29 is 9.59 Å². The van der Waals surface area contributed by atoms with Crippen LogP contribution in [0.1, 0.15) is 46.5 Å². The number of aryl methyl sites for hydroxylation is 1. The molecule has 0 saturated carbocycles. The molecule has 0 fully saturated rings. The lowest BCUT2D eigenvalue weighted by atomic mass is 9.83. The van der Waals surface area contributed by atoms with Gasteiger partial charge < -0.3 is 10.6 Å². The van der Waals surface area contributed by atoms with Crippen LogP contribution in [-0.2, 0) is 4.79 Å². The van der Waals surface area contributed by atoms with Gasteiger partial charge in [-0.25, -0.2) is 0 Å². The number of amides is 1. The molecule has 1 amide bonds. The van der Waals surface area contributed by atoms with Crippen molar-refractivity contribution in [3.63, 3.8) is 0 Å². The molecule has 0 spiro atoms. The zero-order chi connectivity index (χ0) is 20.2. The Kier molecular flexibility index (Phi) is 3.93. The van der Waals surface area contributed by atoms with Crippen molar-refractivity contribution in [1.29, 1.82) is 5.26 Å². The molecule has 4 rings (SSSR count). The van der Waals surface area contributed by atoms with Crippen molar-refractivity contribution in [1.82, 2.24) is 4.90 Å². The van der Waals surface area contributed by atoms with Crippen LogP contribution in [0.4, 0.5) is 0 Å². The summed E-state index contributed by atoms with van der Waals surface area (Å²) < 4.78 is 0. The number of carbonyl (C=O) groups excluding carboxylic acids is 2. The topological polar surface area (TPSA) is 87.2 Å². The SMILES string of the molecule is Cc1ccc(C2=C3C(=O)c4cc(C#N)ccc4C(N)=C3C(=O)N2C(C)C)cc1. The van der Waals surface area contributed by atoms with Gasteiger partial charge in [0.1, 0.15) is 0 Å². The van der Waals surface area contributed by atoms with Crippen molar-refractivity contribution in [3.05, 3.63) is 81.4 Å². The second kappa shape index (κ2) is 6.21. The number of benzene rings is 2. The highest BCUT2D eigenvalue weighted by Gasteiger charge is 2.45. The number of nitriles is 1. The van der Waals surface area contributed by atoms with Crippen LogP contribution >= 0.6 is 0 Å². The van der Waals surface area contributed by atoms with Gasteiger partial charge in [0, 0.05) is 17.2 Å². The van der Waals surface area contributed by atoms with Crippen LogP contribution < -0.4 is 5.73 Å². The first-order valence-corrected chi connectivity index (χ1v) is 9.09. The van der Waals surface area contributed by atoms with Gasteiger partial charge in [0.25, 0.3) is 5.91 Å². The maximum Gasteiger partial charge on any atom is 0.261 e. The first kappa shape index (κ1) is 17.7. The van der Waals surface area contributed by atoms with E-state index in [1.165, 1.54) is 0 Å². The fraction of sp³-hybridized carbons (Fsp3) is 0.174. The van der Waals surface area contributed by atoms with Crippen LogP contribution in [0.5, 0.6) is 0 Å². The van der Waals surface area contributed by atoms with Crippen molar-refractivity contribution in [2.75, 3.05) is 0 Å². The summed E-state index contributed by atoms with van der Waals surface area (Å²) in [4.78, 5) is 28.3. The normalized spacial score (nSPS) is 15.9. The van der Waals surface area contributed by atoms with Gasteiger partial charge in [-0.3, -0.25) is 9.59 Å². The van der Waals surface area contributed by atoms with Gasteiger partial charge >= 0.3 is 0 Å². The van der Waals surface area contributed by atoms with E-state index in [0.717, 1.165) is 11.1 Å². The highest BCUT2D eigenvalue weighted by atomic mass is 16.2. The lowest BCUT2D eigenvalue weighted by Crippen LogP contribution is -2.32. The molecule has 2 aromatic carbocycles.